The highest BCUT2D eigenvalue weighted by molar-refractivity contribution is 7.92. The van der Waals surface area contributed by atoms with Crippen molar-refractivity contribution in [2.75, 3.05) is 11.8 Å². The van der Waals surface area contributed by atoms with Crippen molar-refractivity contribution in [2.24, 2.45) is 0 Å². The topological polar surface area (TPSA) is 83.5 Å². The summed E-state index contributed by atoms with van der Waals surface area (Å²) in [7, 11) is -5.71. The Balaban J connectivity index is 1.73. The molecule has 0 amide bonds. The van der Waals surface area contributed by atoms with Crippen molar-refractivity contribution in [2.45, 2.75) is 67.7 Å². The van der Waals surface area contributed by atoms with Crippen molar-refractivity contribution >= 4 is 25.7 Å². The predicted molar refractivity (Wildman–Crippen MR) is 120 cm³/mol. The predicted octanol–water partition coefficient (Wildman–Crippen LogP) is 4.39. The first-order valence-electron chi connectivity index (χ1n) is 10.4. The first-order chi connectivity index (χ1) is 14.2. The molecule has 1 aliphatic rings. The molecule has 1 N–H and O–H groups in total. The van der Waals surface area contributed by atoms with Crippen molar-refractivity contribution in [1.29, 1.82) is 0 Å². The lowest BCUT2D eigenvalue weighted by molar-refractivity contribution is 0.286. The zero-order chi connectivity index (χ0) is 21.8. The van der Waals surface area contributed by atoms with Crippen LogP contribution in [0.3, 0.4) is 0 Å². The van der Waals surface area contributed by atoms with E-state index in [4.69, 9.17) is 0 Å². The van der Waals surface area contributed by atoms with E-state index in [-0.39, 0.29) is 15.8 Å². The molecule has 2 aromatic rings. The Morgan fingerprint density at radius 3 is 2.00 bits per heavy atom. The standard InChI is InChI=1S/C22H30N2O4S2/c1-3-7-18-10-14-21(15-11-18)29(25,26)23-19-12-16-22(17-13-19)30(27,28)24(2)20-8-5-4-6-9-20/h10-17,20,23H,3-9H2,1-2H3. The van der Waals surface area contributed by atoms with Crippen molar-refractivity contribution in [1.82, 2.24) is 4.31 Å². The molecular weight excluding hydrogens is 420 g/mol. The summed E-state index contributed by atoms with van der Waals surface area (Å²) >= 11 is 0. The molecule has 0 aliphatic heterocycles. The van der Waals surface area contributed by atoms with Gasteiger partial charge in [0.05, 0.1) is 9.79 Å². The van der Waals surface area contributed by atoms with Gasteiger partial charge in [0, 0.05) is 18.8 Å². The number of anilines is 1. The summed E-state index contributed by atoms with van der Waals surface area (Å²) < 4.78 is 55.1. The summed E-state index contributed by atoms with van der Waals surface area (Å²) in [6.45, 7) is 2.07. The van der Waals surface area contributed by atoms with Crippen LogP contribution in [0, 0.1) is 0 Å². The number of aryl methyl sites for hydroxylation is 1. The van der Waals surface area contributed by atoms with Crippen LogP contribution in [-0.4, -0.2) is 34.2 Å². The molecule has 1 fully saturated rings. The van der Waals surface area contributed by atoms with Crippen molar-refractivity contribution in [3.05, 3.63) is 54.1 Å². The Kier molecular flexibility index (Phi) is 7.21. The number of hydrogen-bond donors (Lipinski definition) is 1. The number of benzene rings is 2. The fourth-order valence-electron chi connectivity index (χ4n) is 3.84. The lowest BCUT2D eigenvalue weighted by Gasteiger charge is -2.30. The number of sulfonamides is 2. The first kappa shape index (κ1) is 22.8. The van der Waals surface area contributed by atoms with Crippen LogP contribution in [0.5, 0.6) is 0 Å². The molecular formula is C22H30N2O4S2. The molecule has 1 saturated carbocycles. The minimum atomic E-state index is -3.74. The molecule has 0 aromatic heterocycles. The zero-order valence-electron chi connectivity index (χ0n) is 17.5. The molecule has 30 heavy (non-hydrogen) atoms. The van der Waals surface area contributed by atoms with Crippen LogP contribution in [0.2, 0.25) is 0 Å². The van der Waals surface area contributed by atoms with Crippen LogP contribution in [0.15, 0.2) is 58.3 Å². The molecule has 3 rings (SSSR count). The van der Waals surface area contributed by atoms with Crippen molar-refractivity contribution < 1.29 is 16.8 Å². The Morgan fingerprint density at radius 2 is 1.43 bits per heavy atom. The SMILES string of the molecule is CCCc1ccc(S(=O)(=O)Nc2ccc(S(=O)(=O)N(C)C3CCCCC3)cc2)cc1. The highest BCUT2D eigenvalue weighted by Crippen LogP contribution is 2.27. The minimum Gasteiger partial charge on any atom is -0.280 e. The molecule has 6 nitrogen and oxygen atoms in total. The molecule has 164 valence electrons. The summed E-state index contributed by atoms with van der Waals surface area (Å²) in [6, 6.07) is 12.7. The van der Waals surface area contributed by atoms with Gasteiger partial charge in [0.15, 0.2) is 0 Å². The second-order valence-electron chi connectivity index (χ2n) is 7.84. The summed E-state index contributed by atoms with van der Waals surface area (Å²) in [4.78, 5) is 0.346. The molecule has 0 atom stereocenters. The maximum atomic E-state index is 12.9. The lowest BCUT2D eigenvalue weighted by atomic mass is 9.96. The third-order valence-electron chi connectivity index (χ3n) is 5.64. The average molecular weight is 451 g/mol. The van der Waals surface area contributed by atoms with Gasteiger partial charge < -0.3 is 0 Å². The van der Waals surface area contributed by atoms with Crippen LogP contribution < -0.4 is 4.72 Å². The Morgan fingerprint density at radius 1 is 0.867 bits per heavy atom. The van der Waals surface area contributed by atoms with Crippen LogP contribution in [0.25, 0.3) is 0 Å². The van der Waals surface area contributed by atoms with E-state index in [1.165, 1.54) is 28.6 Å². The zero-order valence-corrected chi connectivity index (χ0v) is 19.2. The van der Waals surface area contributed by atoms with Crippen LogP contribution >= 0.6 is 0 Å². The fraction of sp³-hybridized carbons (Fsp3) is 0.455. The quantitative estimate of drug-likeness (QED) is 0.646. The van der Waals surface area contributed by atoms with Crippen molar-refractivity contribution in [3.63, 3.8) is 0 Å². The Bertz CT molecular complexity index is 1040. The first-order valence-corrected chi connectivity index (χ1v) is 13.4. The molecule has 2 aromatic carbocycles. The van der Waals surface area contributed by atoms with Gasteiger partial charge in [0.25, 0.3) is 10.0 Å². The van der Waals surface area contributed by atoms with E-state index in [2.05, 4.69) is 11.6 Å². The largest absolute Gasteiger partial charge is 0.280 e. The van der Waals surface area contributed by atoms with Gasteiger partial charge in [-0.15, -0.1) is 0 Å². The molecule has 0 heterocycles. The van der Waals surface area contributed by atoms with Gasteiger partial charge in [-0.05, 0) is 61.2 Å². The van der Waals surface area contributed by atoms with Gasteiger partial charge in [-0.25, -0.2) is 16.8 Å². The summed E-state index contributed by atoms with van der Waals surface area (Å²) in [5, 5.41) is 0. The second kappa shape index (κ2) is 9.49. The highest BCUT2D eigenvalue weighted by Gasteiger charge is 2.29. The van der Waals surface area contributed by atoms with E-state index in [0.29, 0.717) is 5.69 Å². The smallest absolute Gasteiger partial charge is 0.261 e. The summed E-state index contributed by atoms with van der Waals surface area (Å²) in [6.07, 6.45) is 6.90. The van der Waals surface area contributed by atoms with Crippen LogP contribution in [-0.2, 0) is 26.5 Å². The third kappa shape index (κ3) is 5.22. The Labute approximate surface area is 180 Å². The maximum Gasteiger partial charge on any atom is 0.261 e. The minimum absolute atomic E-state index is 0.0256. The Hall–Kier alpha value is -1.90. The molecule has 0 radical (unpaired) electrons. The van der Waals surface area contributed by atoms with Crippen LogP contribution in [0.4, 0.5) is 5.69 Å². The highest BCUT2D eigenvalue weighted by atomic mass is 32.2. The van der Waals surface area contributed by atoms with Gasteiger partial charge in [-0.2, -0.15) is 4.31 Å². The van der Waals surface area contributed by atoms with Gasteiger partial charge in [-0.1, -0.05) is 44.7 Å². The van der Waals surface area contributed by atoms with E-state index < -0.39 is 20.0 Å². The maximum absolute atomic E-state index is 12.9. The summed E-state index contributed by atoms with van der Waals surface area (Å²) in [5.41, 5.74) is 1.42. The van der Waals surface area contributed by atoms with Gasteiger partial charge in [0.1, 0.15) is 0 Å². The molecule has 0 spiro atoms. The number of hydrogen-bond acceptors (Lipinski definition) is 4. The van der Waals surface area contributed by atoms with E-state index in [1.807, 2.05) is 12.1 Å². The normalized spacial score (nSPS) is 16.0. The summed E-state index contributed by atoms with van der Waals surface area (Å²) in [5.74, 6) is 0. The third-order valence-corrected chi connectivity index (χ3v) is 8.97. The van der Waals surface area contributed by atoms with Crippen molar-refractivity contribution in [3.8, 4) is 0 Å². The van der Waals surface area contributed by atoms with Crippen LogP contribution in [0.1, 0.15) is 51.0 Å². The molecule has 0 bridgehead atoms. The average Bonchev–Trinajstić information content (AvgIpc) is 2.74. The number of nitrogens with zero attached hydrogens (tertiary/aromatic N) is 1. The second-order valence-corrected chi connectivity index (χ2v) is 11.5. The van der Waals surface area contributed by atoms with E-state index in [9.17, 15) is 16.8 Å². The van der Waals surface area contributed by atoms with E-state index in [0.717, 1.165) is 50.5 Å². The molecule has 8 heteroatoms. The molecule has 0 saturated heterocycles. The van der Waals surface area contributed by atoms with Gasteiger partial charge in [-0.3, -0.25) is 4.72 Å². The van der Waals surface area contributed by atoms with E-state index in [1.54, 1.807) is 19.2 Å². The fourth-order valence-corrected chi connectivity index (χ4v) is 6.31. The monoisotopic (exact) mass is 450 g/mol. The molecule has 0 unspecified atom stereocenters. The number of rotatable bonds is 8. The molecule has 1 aliphatic carbocycles. The van der Waals surface area contributed by atoms with E-state index >= 15 is 0 Å². The van der Waals surface area contributed by atoms with Gasteiger partial charge >= 0.3 is 0 Å². The van der Waals surface area contributed by atoms with Gasteiger partial charge in [0.2, 0.25) is 10.0 Å². The number of nitrogens with one attached hydrogen (secondary N) is 1. The lowest BCUT2D eigenvalue weighted by Crippen LogP contribution is -2.38.